The van der Waals surface area contributed by atoms with Gasteiger partial charge in [0, 0.05) is 16.6 Å². The molecule has 1 aliphatic rings. The van der Waals surface area contributed by atoms with Gasteiger partial charge < -0.3 is 0 Å². The lowest BCUT2D eigenvalue weighted by molar-refractivity contribution is -0.140. The van der Waals surface area contributed by atoms with Crippen molar-refractivity contribution in [3.05, 3.63) is 34.3 Å². The Morgan fingerprint density at radius 1 is 1.20 bits per heavy atom. The third-order valence-electron chi connectivity index (χ3n) is 3.52. The van der Waals surface area contributed by atoms with E-state index in [4.69, 9.17) is 0 Å². The lowest BCUT2D eigenvalue weighted by Gasteiger charge is -2.21. The van der Waals surface area contributed by atoms with Gasteiger partial charge >= 0.3 is 0 Å². The number of nitrogens with one attached hydrogen (secondary N) is 1. The molecular formula is C15H19BrN2O2. The zero-order valence-corrected chi connectivity index (χ0v) is 13.5. The van der Waals surface area contributed by atoms with Gasteiger partial charge in [-0.15, -0.1) is 0 Å². The lowest BCUT2D eigenvalue weighted by Crippen LogP contribution is -2.42. The lowest BCUT2D eigenvalue weighted by atomic mass is 10.1. The number of likely N-dealkylation sites (tertiary alicyclic amines) is 1. The minimum Gasteiger partial charge on any atom is -0.299 e. The normalized spacial score (nSPS) is 20.9. The fraction of sp³-hybridized carbons (Fsp3) is 0.467. The molecule has 0 aromatic heterocycles. The molecule has 2 unspecified atom stereocenters. The number of carbonyl (C=O) groups is 2. The molecule has 1 N–H and O–H groups in total. The molecule has 108 valence electrons. The van der Waals surface area contributed by atoms with Crippen molar-refractivity contribution in [2.24, 2.45) is 0 Å². The molecule has 0 aliphatic carbocycles. The highest BCUT2D eigenvalue weighted by atomic mass is 79.9. The Morgan fingerprint density at radius 2 is 1.80 bits per heavy atom. The number of hydrogen-bond acceptors (Lipinski definition) is 3. The van der Waals surface area contributed by atoms with Crippen molar-refractivity contribution in [1.29, 1.82) is 0 Å². The number of nitrogens with zero attached hydrogens (tertiary/aromatic N) is 1. The second-order valence-electron chi connectivity index (χ2n) is 5.39. The van der Waals surface area contributed by atoms with Crippen LogP contribution in [-0.4, -0.2) is 28.8 Å². The highest BCUT2D eigenvalue weighted by molar-refractivity contribution is 9.10. The zero-order chi connectivity index (χ0) is 14.9. The summed E-state index contributed by atoms with van der Waals surface area (Å²) in [5.74, 6) is -0.209. The van der Waals surface area contributed by atoms with Crippen molar-refractivity contribution in [2.75, 3.05) is 0 Å². The summed E-state index contributed by atoms with van der Waals surface area (Å²) < 4.78 is 1.02. The smallest absolute Gasteiger partial charge is 0.247 e. The van der Waals surface area contributed by atoms with Gasteiger partial charge in [-0.05, 0) is 38.5 Å². The molecule has 20 heavy (non-hydrogen) atoms. The predicted molar refractivity (Wildman–Crippen MR) is 81.1 cm³/mol. The molecule has 4 nitrogen and oxygen atoms in total. The van der Waals surface area contributed by atoms with Gasteiger partial charge in [0.25, 0.3) is 0 Å². The van der Waals surface area contributed by atoms with Gasteiger partial charge in [-0.1, -0.05) is 28.1 Å². The van der Waals surface area contributed by atoms with Crippen molar-refractivity contribution in [1.82, 2.24) is 10.2 Å². The first-order valence-electron chi connectivity index (χ1n) is 6.77. The van der Waals surface area contributed by atoms with Crippen molar-refractivity contribution < 1.29 is 9.59 Å². The molecule has 1 aliphatic heterocycles. The van der Waals surface area contributed by atoms with E-state index in [1.165, 1.54) is 4.90 Å². The Kier molecular flexibility index (Phi) is 4.60. The molecule has 1 saturated heterocycles. The molecule has 0 bridgehead atoms. The van der Waals surface area contributed by atoms with E-state index in [-0.39, 0.29) is 30.3 Å². The Hall–Kier alpha value is -1.20. The van der Waals surface area contributed by atoms with Gasteiger partial charge in [0.15, 0.2) is 0 Å². The van der Waals surface area contributed by atoms with Crippen LogP contribution in [0.3, 0.4) is 0 Å². The van der Waals surface area contributed by atoms with Gasteiger partial charge in [0.2, 0.25) is 11.8 Å². The average Bonchev–Trinajstić information content (AvgIpc) is 2.65. The summed E-state index contributed by atoms with van der Waals surface area (Å²) in [6, 6.07) is 7.47. The minimum absolute atomic E-state index is 0.0250. The first-order valence-corrected chi connectivity index (χ1v) is 7.57. The van der Waals surface area contributed by atoms with E-state index in [2.05, 4.69) is 21.2 Å². The van der Waals surface area contributed by atoms with Gasteiger partial charge in [-0.2, -0.15) is 0 Å². The first kappa shape index (κ1) is 15.2. The topological polar surface area (TPSA) is 49.4 Å². The Labute approximate surface area is 127 Å². The standard InChI is InChI=1S/C15H19BrN2O2/c1-9(2)18-14(19)8-13(15(18)20)17-10(3)11-4-6-12(16)7-5-11/h4-7,9-10,13,17H,8H2,1-3H3. The van der Waals surface area contributed by atoms with Crippen LogP contribution < -0.4 is 5.32 Å². The molecule has 2 rings (SSSR count). The zero-order valence-electron chi connectivity index (χ0n) is 11.9. The number of amides is 2. The summed E-state index contributed by atoms with van der Waals surface area (Å²) in [7, 11) is 0. The van der Waals surface area contributed by atoms with E-state index in [9.17, 15) is 9.59 Å². The van der Waals surface area contributed by atoms with Crippen LogP contribution in [0.5, 0.6) is 0 Å². The Morgan fingerprint density at radius 3 is 2.30 bits per heavy atom. The van der Waals surface area contributed by atoms with E-state index in [0.717, 1.165) is 10.0 Å². The number of hydrogen-bond donors (Lipinski definition) is 1. The largest absolute Gasteiger partial charge is 0.299 e. The second-order valence-corrected chi connectivity index (χ2v) is 6.31. The number of imide groups is 1. The van der Waals surface area contributed by atoms with Gasteiger partial charge in [-0.25, -0.2) is 0 Å². The summed E-state index contributed by atoms with van der Waals surface area (Å²) in [6.45, 7) is 5.71. The molecule has 0 radical (unpaired) electrons. The summed E-state index contributed by atoms with van der Waals surface area (Å²) >= 11 is 3.40. The fourth-order valence-electron chi connectivity index (χ4n) is 2.47. The third-order valence-corrected chi connectivity index (χ3v) is 4.05. The second kappa shape index (κ2) is 6.06. The molecule has 1 heterocycles. The number of carbonyl (C=O) groups excluding carboxylic acids is 2. The van der Waals surface area contributed by atoms with Crippen LogP contribution in [0.25, 0.3) is 0 Å². The van der Waals surface area contributed by atoms with Gasteiger partial charge in [0.05, 0.1) is 12.5 Å². The summed E-state index contributed by atoms with van der Waals surface area (Å²) in [6.07, 6.45) is 0.248. The quantitative estimate of drug-likeness (QED) is 0.858. The van der Waals surface area contributed by atoms with Crippen molar-refractivity contribution in [3.8, 4) is 0 Å². The molecule has 0 spiro atoms. The molecule has 0 saturated carbocycles. The van der Waals surface area contributed by atoms with Crippen LogP contribution in [-0.2, 0) is 9.59 Å². The third kappa shape index (κ3) is 3.10. The van der Waals surface area contributed by atoms with Crippen molar-refractivity contribution in [3.63, 3.8) is 0 Å². The number of benzene rings is 1. The van der Waals surface area contributed by atoms with E-state index in [0.29, 0.717) is 0 Å². The summed E-state index contributed by atoms with van der Waals surface area (Å²) in [5.41, 5.74) is 1.09. The van der Waals surface area contributed by atoms with Crippen molar-refractivity contribution in [2.45, 2.75) is 45.3 Å². The molecular weight excluding hydrogens is 320 g/mol. The highest BCUT2D eigenvalue weighted by Crippen LogP contribution is 2.21. The van der Waals surface area contributed by atoms with E-state index < -0.39 is 6.04 Å². The SMILES string of the molecule is CC(NC1CC(=O)N(C(C)C)C1=O)c1ccc(Br)cc1. The molecule has 1 fully saturated rings. The average molecular weight is 339 g/mol. The van der Waals surface area contributed by atoms with Crippen LogP contribution in [0.4, 0.5) is 0 Å². The van der Waals surface area contributed by atoms with E-state index in [1.54, 1.807) is 0 Å². The number of halogens is 1. The van der Waals surface area contributed by atoms with Crippen LogP contribution in [0.1, 0.15) is 38.8 Å². The molecule has 2 atom stereocenters. The number of rotatable bonds is 4. The Bertz CT molecular complexity index is 513. The van der Waals surface area contributed by atoms with Crippen LogP contribution in [0.15, 0.2) is 28.7 Å². The Balaban J connectivity index is 2.05. The predicted octanol–water partition coefficient (Wildman–Crippen LogP) is 2.64. The molecule has 1 aromatic carbocycles. The maximum absolute atomic E-state index is 12.2. The monoisotopic (exact) mass is 338 g/mol. The maximum atomic E-state index is 12.2. The van der Waals surface area contributed by atoms with E-state index in [1.807, 2.05) is 45.0 Å². The van der Waals surface area contributed by atoms with Crippen LogP contribution in [0, 0.1) is 0 Å². The summed E-state index contributed by atoms with van der Waals surface area (Å²) in [4.78, 5) is 25.4. The van der Waals surface area contributed by atoms with Crippen molar-refractivity contribution >= 4 is 27.7 Å². The minimum atomic E-state index is -0.413. The molecule has 1 aromatic rings. The molecule has 2 amide bonds. The molecule has 5 heteroatoms. The van der Waals surface area contributed by atoms with Crippen LogP contribution in [0.2, 0.25) is 0 Å². The summed E-state index contributed by atoms with van der Waals surface area (Å²) in [5, 5.41) is 3.25. The van der Waals surface area contributed by atoms with Gasteiger partial charge in [0.1, 0.15) is 0 Å². The van der Waals surface area contributed by atoms with Crippen LogP contribution >= 0.6 is 15.9 Å². The maximum Gasteiger partial charge on any atom is 0.247 e. The fourth-order valence-corrected chi connectivity index (χ4v) is 2.74. The first-order chi connectivity index (χ1) is 9.40. The van der Waals surface area contributed by atoms with E-state index >= 15 is 0 Å². The van der Waals surface area contributed by atoms with Gasteiger partial charge in [-0.3, -0.25) is 19.8 Å². The highest BCUT2D eigenvalue weighted by Gasteiger charge is 2.40.